The van der Waals surface area contributed by atoms with Gasteiger partial charge in [0.25, 0.3) is 0 Å². The summed E-state index contributed by atoms with van der Waals surface area (Å²) in [6.07, 6.45) is -2.72. The molecule has 10 heteroatoms. The Labute approximate surface area is 174 Å². The molecule has 2 aromatic heterocycles. The highest BCUT2D eigenvalue weighted by atomic mass is 32.1. The third kappa shape index (κ3) is 3.55. The molecule has 0 radical (unpaired) electrons. The number of thiophene rings is 1. The number of alkyl halides is 3. The minimum Gasteiger partial charge on any atom is -0.493 e. The van der Waals surface area contributed by atoms with Gasteiger partial charge in [0.05, 0.1) is 11.5 Å². The Hall–Kier alpha value is -2.88. The third-order valence-electron chi connectivity index (χ3n) is 4.97. The molecule has 158 valence electrons. The quantitative estimate of drug-likeness (QED) is 0.654. The summed E-state index contributed by atoms with van der Waals surface area (Å²) in [5.74, 6) is -0.558. The number of halogens is 3. The molecule has 0 saturated carbocycles. The molecule has 30 heavy (non-hydrogen) atoms. The number of nitrogens with two attached hydrogens (primary N) is 1. The number of ether oxygens (including phenoxy) is 1. The molecule has 0 aliphatic carbocycles. The van der Waals surface area contributed by atoms with Crippen molar-refractivity contribution in [2.45, 2.75) is 32.5 Å². The minimum atomic E-state index is -4.45. The van der Waals surface area contributed by atoms with E-state index in [1.54, 1.807) is 18.2 Å². The predicted molar refractivity (Wildman–Crippen MR) is 106 cm³/mol. The van der Waals surface area contributed by atoms with Crippen molar-refractivity contribution >= 4 is 17.2 Å². The van der Waals surface area contributed by atoms with Crippen LogP contribution in [-0.4, -0.2) is 33.5 Å². The first-order valence-electron chi connectivity index (χ1n) is 9.33. The van der Waals surface area contributed by atoms with E-state index in [0.29, 0.717) is 29.2 Å². The number of benzene rings is 1. The molecule has 4 rings (SSSR count). The van der Waals surface area contributed by atoms with Crippen molar-refractivity contribution in [1.82, 2.24) is 14.8 Å². The number of aromatic nitrogens is 3. The van der Waals surface area contributed by atoms with Crippen LogP contribution in [0, 0.1) is 5.92 Å². The monoisotopic (exact) mass is 436 g/mol. The summed E-state index contributed by atoms with van der Waals surface area (Å²) in [5, 5.41) is 3.90. The summed E-state index contributed by atoms with van der Waals surface area (Å²) >= 11 is 1.33. The van der Waals surface area contributed by atoms with Gasteiger partial charge in [-0.05, 0) is 35.7 Å². The van der Waals surface area contributed by atoms with Gasteiger partial charge in [-0.25, -0.2) is 9.67 Å². The number of carbonyl (C=O) groups excluding carboxylic acids is 1. The topological polar surface area (TPSA) is 83.0 Å². The van der Waals surface area contributed by atoms with Crippen LogP contribution < -0.4 is 10.5 Å². The maximum atomic E-state index is 13.7. The molecule has 0 bridgehead atoms. The van der Waals surface area contributed by atoms with E-state index in [9.17, 15) is 18.0 Å². The largest absolute Gasteiger partial charge is 0.493 e. The van der Waals surface area contributed by atoms with Gasteiger partial charge < -0.3 is 10.5 Å². The number of rotatable bonds is 4. The van der Waals surface area contributed by atoms with Crippen molar-refractivity contribution in [1.29, 1.82) is 0 Å². The van der Waals surface area contributed by atoms with E-state index >= 15 is 0 Å². The number of hydrogen-bond donors (Lipinski definition) is 1. The molecule has 0 saturated heterocycles. The molecular formula is C20H19F3N4O2S. The van der Waals surface area contributed by atoms with Crippen LogP contribution in [0.5, 0.6) is 5.75 Å². The molecule has 3 heterocycles. The summed E-state index contributed by atoms with van der Waals surface area (Å²) < 4.78 is 47.7. The van der Waals surface area contributed by atoms with E-state index < -0.39 is 24.0 Å². The first kappa shape index (κ1) is 20.4. The highest BCUT2D eigenvalue weighted by molar-refractivity contribution is 7.19. The summed E-state index contributed by atoms with van der Waals surface area (Å²) in [6, 6.07) is 5.02. The molecule has 1 amide bonds. The van der Waals surface area contributed by atoms with Gasteiger partial charge in [0.2, 0.25) is 5.91 Å². The fraction of sp³-hybridized carbons (Fsp3) is 0.350. The fourth-order valence-electron chi connectivity index (χ4n) is 3.64. The Morgan fingerprint density at radius 2 is 2.07 bits per heavy atom. The molecule has 1 aliphatic heterocycles. The molecule has 0 fully saturated rings. The Morgan fingerprint density at radius 3 is 2.73 bits per heavy atom. The van der Waals surface area contributed by atoms with Crippen LogP contribution in [0.1, 0.15) is 35.8 Å². The second-order valence-electron chi connectivity index (χ2n) is 7.40. The Morgan fingerprint density at radius 1 is 1.30 bits per heavy atom. The van der Waals surface area contributed by atoms with Gasteiger partial charge in [-0.2, -0.15) is 18.3 Å². The molecule has 6 nitrogen and oxygen atoms in total. The van der Waals surface area contributed by atoms with Crippen molar-refractivity contribution in [2.75, 3.05) is 6.61 Å². The van der Waals surface area contributed by atoms with Crippen molar-refractivity contribution < 1.29 is 22.7 Å². The van der Waals surface area contributed by atoms with E-state index in [1.165, 1.54) is 25.2 Å². The van der Waals surface area contributed by atoms with Crippen LogP contribution in [-0.2, 0) is 6.42 Å². The molecule has 0 spiro atoms. The number of primary amides is 1. The first-order chi connectivity index (χ1) is 14.2. The predicted octanol–water partition coefficient (Wildman–Crippen LogP) is 4.47. The van der Waals surface area contributed by atoms with Crippen LogP contribution in [0.3, 0.4) is 0 Å². The first-order valence-corrected chi connectivity index (χ1v) is 10.1. The van der Waals surface area contributed by atoms with Gasteiger partial charge in [-0.15, -0.1) is 11.3 Å². The summed E-state index contributed by atoms with van der Waals surface area (Å²) in [4.78, 5) is 17.1. The lowest BCUT2D eigenvalue weighted by molar-refractivity contribution is -0.180. The summed E-state index contributed by atoms with van der Waals surface area (Å²) in [7, 11) is 0. The van der Waals surface area contributed by atoms with E-state index in [4.69, 9.17) is 10.5 Å². The zero-order valence-electron chi connectivity index (χ0n) is 16.2. The van der Waals surface area contributed by atoms with Crippen molar-refractivity contribution in [3.8, 4) is 26.9 Å². The molecule has 1 aromatic carbocycles. The maximum absolute atomic E-state index is 13.7. The SMILES string of the molecule is CC(C)C(n1ncnc1-c1cc2c(s1)-c1ccc(C(N)=O)cc1OCC2)C(F)(F)F. The Bertz CT molecular complexity index is 1100. The second-order valence-corrected chi connectivity index (χ2v) is 8.45. The van der Waals surface area contributed by atoms with Crippen LogP contribution in [0.25, 0.3) is 21.1 Å². The Balaban J connectivity index is 1.81. The van der Waals surface area contributed by atoms with Crippen LogP contribution >= 0.6 is 11.3 Å². The van der Waals surface area contributed by atoms with Gasteiger partial charge in [-0.1, -0.05) is 13.8 Å². The zero-order valence-corrected chi connectivity index (χ0v) is 17.0. The van der Waals surface area contributed by atoms with Crippen molar-refractivity contribution in [3.05, 3.63) is 41.7 Å². The van der Waals surface area contributed by atoms with E-state index in [-0.39, 0.29) is 5.82 Å². The molecule has 1 atom stereocenters. The van der Waals surface area contributed by atoms with Crippen LogP contribution in [0.2, 0.25) is 0 Å². The lowest BCUT2D eigenvalue weighted by Gasteiger charge is -2.24. The average Bonchev–Trinajstić information content (AvgIpc) is 3.24. The van der Waals surface area contributed by atoms with Crippen molar-refractivity contribution in [3.63, 3.8) is 0 Å². The normalized spacial score (nSPS) is 14.6. The average molecular weight is 436 g/mol. The number of hydrogen-bond acceptors (Lipinski definition) is 5. The number of nitrogens with zero attached hydrogens (tertiary/aromatic N) is 3. The number of carbonyl (C=O) groups is 1. The van der Waals surface area contributed by atoms with Gasteiger partial charge in [0.1, 0.15) is 12.1 Å². The molecule has 2 N–H and O–H groups in total. The fourth-order valence-corrected chi connectivity index (χ4v) is 4.86. The number of amides is 1. The molecular weight excluding hydrogens is 417 g/mol. The lowest BCUT2D eigenvalue weighted by atomic mass is 10.0. The highest BCUT2D eigenvalue weighted by Gasteiger charge is 2.45. The van der Waals surface area contributed by atoms with Crippen molar-refractivity contribution in [2.24, 2.45) is 11.7 Å². The van der Waals surface area contributed by atoms with Crippen LogP contribution in [0.4, 0.5) is 13.2 Å². The van der Waals surface area contributed by atoms with E-state index in [2.05, 4.69) is 10.1 Å². The maximum Gasteiger partial charge on any atom is 0.411 e. The van der Waals surface area contributed by atoms with Gasteiger partial charge in [-0.3, -0.25) is 4.79 Å². The van der Waals surface area contributed by atoms with Gasteiger partial charge >= 0.3 is 6.18 Å². The minimum absolute atomic E-state index is 0.181. The van der Waals surface area contributed by atoms with Gasteiger partial charge in [0.15, 0.2) is 11.9 Å². The highest BCUT2D eigenvalue weighted by Crippen LogP contribution is 2.45. The smallest absolute Gasteiger partial charge is 0.411 e. The Kier molecular flexibility index (Phi) is 5.05. The standard InChI is InChI=1S/C20H19F3N4O2S/c1-10(2)17(20(21,22)23)27-19(25-9-26-27)15-8-11-5-6-29-14-7-12(18(24)28)3-4-13(14)16(11)30-15/h3-4,7-10,17H,5-6H2,1-2H3,(H2,24,28). The van der Waals surface area contributed by atoms with E-state index in [1.807, 2.05) is 6.07 Å². The molecule has 1 unspecified atom stereocenters. The van der Waals surface area contributed by atoms with Crippen LogP contribution in [0.15, 0.2) is 30.6 Å². The summed E-state index contributed by atoms with van der Waals surface area (Å²) in [5.41, 5.74) is 7.40. The second kappa shape index (κ2) is 7.42. The summed E-state index contributed by atoms with van der Waals surface area (Å²) in [6.45, 7) is 3.40. The lowest BCUT2D eigenvalue weighted by Crippen LogP contribution is -2.32. The van der Waals surface area contributed by atoms with E-state index in [0.717, 1.165) is 27.0 Å². The molecule has 1 aliphatic rings. The number of fused-ring (bicyclic) bond motifs is 3. The molecule has 3 aromatic rings. The zero-order chi connectivity index (χ0) is 21.6. The third-order valence-corrected chi connectivity index (χ3v) is 6.18. The van der Waals surface area contributed by atoms with Gasteiger partial charge in [0, 0.05) is 22.4 Å².